The van der Waals surface area contributed by atoms with Crippen LogP contribution in [0.3, 0.4) is 0 Å². The summed E-state index contributed by atoms with van der Waals surface area (Å²) in [5.41, 5.74) is 0.576. The number of fused-ring (bicyclic) bond motifs is 1. The fourth-order valence-corrected chi connectivity index (χ4v) is 2.89. The standard InChI is InChI=1S/C20H13Cl2NO4/c1-3-8-26-18-14(21)9-12(11-17(18)25-2)10-15(22)19-23-16-7-5-4-6-13(16)20(24)27-19/h1,4-7,9-11H,8H2,2H3/b15-10-. The third kappa shape index (κ3) is 4.08. The molecule has 0 aliphatic carbocycles. The molecule has 0 bridgehead atoms. The molecule has 7 heteroatoms. The van der Waals surface area contributed by atoms with Gasteiger partial charge in [0, 0.05) is 0 Å². The lowest BCUT2D eigenvalue weighted by Crippen LogP contribution is -2.03. The van der Waals surface area contributed by atoms with Crippen LogP contribution >= 0.6 is 23.2 Å². The zero-order valence-corrected chi connectivity index (χ0v) is 15.7. The van der Waals surface area contributed by atoms with Gasteiger partial charge in [-0.15, -0.1) is 6.42 Å². The van der Waals surface area contributed by atoms with Gasteiger partial charge in [0.2, 0.25) is 5.89 Å². The lowest BCUT2D eigenvalue weighted by atomic mass is 10.2. The topological polar surface area (TPSA) is 61.6 Å². The van der Waals surface area contributed by atoms with Gasteiger partial charge in [-0.05, 0) is 35.9 Å². The monoisotopic (exact) mass is 401 g/mol. The lowest BCUT2D eigenvalue weighted by molar-refractivity contribution is 0.331. The third-order valence-electron chi connectivity index (χ3n) is 3.58. The van der Waals surface area contributed by atoms with Gasteiger partial charge in [-0.25, -0.2) is 9.78 Å². The Labute approximate surface area is 165 Å². The van der Waals surface area contributed by atoms with Gasteiger partial charge in [-0.3, -0.25) is 0 Å². The fraction of sp³-hybridized carbons (Fsp3) is 0.100. The van der Waals surface area contributed by atoms with Crippen molar-refractivity contribution in [1.29, 1.82) is 0 Å². The maximum Gasteiger partial charge on any atom is 0.347 e. The zero-order chi connectivity index (χ0) is 19.4. The summed E-state index contributed by atoms with van der Waals surface area (Å²) >= 11 is 12.6. The minimum absolute atomic E-state index is 0.00288. The van der Waals surface area contributed by atoms with Gasteiger partial charge in [0.15, 0.2) is 11.5 Å². The molecule has 3 rings (SSSR count). The molecule has 0 spiro atoms. The van der Waals surface area contributed by atoms with Crippen LogP contribution in [0, 0.1) is 12.3 Å². The first-order valence-electron chi connectivity index (χ1n) is 7.74. The number of nitrogens with zero attached hydrogens (tertiary/aromatic N) is 1. The molecule has 0 unspecified atom stereocenters. The number of hydrogen-bond acceptors (Lipinski definition) is 5. The van der Waals surface area contributed by atoms with E-state index in [1.54, 1.807) is 42.5 Å². The Kier molecular flexibility index (Phi) is 5.70. The average Bonchev–Trinajstić information content (AvgIpc) is 2.66. The molecule has 5 nitrogen and oxygen atoms in total. The molecule has 0 fully saturated rings. The summed E-state index contributed by atoms with van der Waals surface area (Å²) in [5.74, 6) is 3.09. The molecule has 0 aliphatic heterocycles. The van der Waals surface area contributed by atoms with E-state index in [0.29, 0.717) is 33.0 Å². The summed E-state index contributed by atoms with van der Waals surface area (Å²) in [6, 6.07) is 10.1. The minimum atomic E-state index is -0.518. The van der Waals surface area contributed by atoms with Crippen LogP contribution in [0.15, 0.2) is 45.6 Å². The predicted octanol–water partition coefficient (Wildman–Crippen LogP) is 4.60. The van der Waals surface area contributed by atoms with Crippen molar-refractivity contribution in [3.05, 3.63) is 63.3 Å². The summed E-state index contributed by atoms with van der Waals surface area (Å²) in [6.45, 7) is 0.0538. The van der Waals surface area contributed by atoms with E-state index < -0.39 is 5.63 Å². The van der Waals surface area contributed by atoms with Crippen molar-refractivity contribution in [2.45, 2.75) is 0 Å². The Bertz CT molecular complexity index is 1130. The Morgan fingerprint density at radius 2 is 2.15 bits per heavy atom. The number of aromatic nitrogens is 1. The highest BCUT2D eigenvalue weighted by atomic mass is 35.5. The van der Waals surface area contributed by atoms with E-state index in [1.807, 2.05) is 0 Å². The SMILES string of the molecule is C#CCOc1c(Cl)cc(/C=C(\Cl)c2nc3ccccc3c(=O)o2)cc1OC. The number of terminal acetylenes is 1. The van der Waals surface area contributed by atoms with Crippen LogP contribution in [0.4, 0.5) is 0 Å². The number of methoxy groups -OCH3 is 1. The molecule has 0 amide bonds. The van der Waals surface area contributed by atoms with Gasteiger partial charge >= 0.3 is 5.63 Å². The summed E-state index contributed by atoms with van der Waals surface area (Å²) in [5, 5.41) is 0.812. The molecule has 0 aliphatic rings. The fourth-order valence-electron chi connectivity index (χ4n) is 2.41. The van der Waals surface area contributed by atoms with Crippen molar-refractivity contribution in [3.63, 3.8) is 0 Å². The number of hydrogen-bond donors (Lipinski definition) is 0. The first kappa shape index (κ1) is 18.8. The maximum atomic E-state index is 12.1. The molecule has 0 saturated carbocycles. The third-order valence-corrected chi connectivity index (χ3v) is 4.14. The minimum Gasteiger partial charge on any atom is -0.493 e. The molecule has 0 atom stereocenters. The van der Waals surface area contributed by atoms with Crippen LogP contribution in [0.2, 0.25) is 5.02 Å². The summed E-state index contributed by atoms with van der Waals surface area (Å²) < 4.78 is 15.9. The van der Waals surface area contributed by atoms with Crippen LogP contribution in [-0.2, 0) is 0 Å². The van der Waals surface area contributed by atoms with Gasteiger partial charge in [-0.1, -0.05) is 41.3 Å². The van der Waals surface area contributed by atoms with E-state index in [2.05, 4.69) is 10.9 Å². The number of rotatable bonds is 5. The van der Waals surface area contributed by atoms with E-state index in [0.717, 1.165) is 0 Å². The number of benzene rings is 2. The van der Waals surface area contributed by atoms with Crippen molar-refractivity contribution in [3.8, 4) is 23.8 Å². The molecular weight excluding hydrogens is 389 g/mol. The second-order valence-corrected chi connectivity index (χ2v) is 6.16. The maximum absolute atomic E-state index is 12.1. The molecule has 0 radical (unpaired) electrons. The van der Waals surface area contributed by atoms with E-state index >= 15 is 0 Å². The lowest BCUT2D eigenvalue weighted by Gasteiger charge is -2.11. The molecule has 1 heterocycles. The zero-order valence-electron chi connectivity index (χ0n) is 14.2. The molecule has 2 aromatic carbocycles. The first-order valence-corrected chi connectivity index (χ1v) is 8.50. The average molecular weight is 402 g/mol. The van der Waals surface area contributed by atoms with Gasteiger partial charge in [-0.2, -0.15) is 0 Å². The van der Waals surface area contributed by atoms with E-state index in [-0.39, 0.29) is 17.5 Å². The second kappa shape index (κ2) is 8.17. The highest BCUT2D eigenvalue weighted by Crippen LogP contribution is 2.37. The first-order chi connectivity index (χ1) is 13.0. The normalized spacial score (nSPS) is 11.3. The highest BCUT2D eigenvalue weighted by Gasteiger charge is 2.13. The molecule has 1 aromatic heterocycles. The van der Waals surface area contributed by atoms with Gasteiger partial charge in [0.25, 0.3) is 0 Å². The number of para-hydroxylation sites is 1. The molecular formula is C20H13Cl2NO4. The summed E-state index contributed by atoms with van der Waals surface area (Å²) in [7, 11) is 1.48. The Morgan fingerprint density at radius 1 is 1.37 bits per heavy atom. The van der Waals surface area contributed by atoms with Crippen molar-refractivity contribution in [1.82, 2.24) is 4.98 Å². The summed E-state index contributed by atoms with van der Waals surface area (Å²) in [4.78, 5) is 16.4. The van der Waals surface area contributed by atoms with E-state index in [4.69, 9.17) is 43.5 Å². The molecule has 0 N–H and O–H groups in total. The highest BCUT2D eigenvalue weighted by molar-refractivity contribution is 6.50. The Morgan fingerprint density at radius 3 is 2.89 bits per heavy atom. The smallest absolute Gasteiger partial charge is 0.347 e. The van der Waals surface area contributed by atoms with Gasteiger partial charge < -0.3 is 13.9 Å². The second-order valence-electron chi connectivity index (χ2n) is 5.34. The van der Waals surface area contributed by atoms with Crippen LogP contribution in [0.5, 0.6) is 11.5 Å². The number of halogens is 2. The van der Waals surface area contributed by atoms with Crippen molar-refractivity contribution in [2.75, 3.05) is 13.7 Å². The molecule has 27 heavy (non-hydrogen) atoms. The number of ether oxygens (including phenoxy) is 2. The largest absolute Gasteiger partial charge is 0.493 e. The Balaban J connectivity index is 2.02. The van der Waals surface area contributed by atoms with Crippen molar-refractivity contribution in [2.24, 2.45) is 0 Å². The van der Waals surface area contributed by atoms with Crippen LogP contribution in [0.1, 0.15) is 11.5 Å². The van der Waals surface area contributed by atoms with E-state index in [1.165, 1.54) is 7.11 Å². The van der Waals surface area contributed by atoms with Crippen molar-refractivity contribution < 1.29 is 13.9 Å². The molecule has 3 aromatic rings. The van der Waals surface area contributed by atoms with Crippen LogP contribution in [0.25, 0.3) is 22.0 Å². The molecule has 136 valence electrons. The molecule has 0 saturated heterocycles. The van der Waals surface area contributed by atoms with Gasteiger partial charge in [0.05, 0.1) is 23.0 Å². The van der Waals surface area contributed by atoms with Crippen LogP contribution in [-0.4, -0.2) is 18.7 Å². The van der Waals surface area contributed by atoms with E-state index in [9.17, 15) is 4.79 Å². The quantitative estimate of drug-likeness (QED) is 0.584. The van der Waals surface area contributed by atoms with Crippen LogP contribution < -0.4 is 15.1 Å². The summed E-state index contributed by atoms with van der Waals surface area (Å²) in [6.07, 6.45) is 6.76. The van der Waals surface area contributed by atoms with Crippen molar-refractivity contribution >= 4 is 45.2 Å². The Hall–Kier alpha value is -2.94. The van der Waals surface area contributed by atoms with Gasteiger partial charge in [0.1, 0.15) is 11.6 Å². The predicted molar refractivity (Wildman–Crippen MR) is 106 cm³/mol.